The van der Waals surface area contributed by atoms with E-state index in [-0.39, 0.29) is 24.4 Å². The van der Waals surface area contributed by atoms with Gasteiger partial charge in [0.05, 0.1) is 31.4 Å². The van der Waals surface area contributed by atoms with Crippen LogP contribution in [0.25, 0.3) is 21.9 Å². The molecule has 1 saturated heterocycles. The van der Waals surface area contributed by atoms with Crippen LogP contribution in [0.3, 0.4) is 0 Å². The molecule has 1 unspecified atom stereocenters. The van der Waals surface area contributed by atoms with Crippen LogP contribution in [-0.2, 0) is 20.8 Å². The van der Waals surface area contributed by atoms with E-state index in [1.807, 2.05) is 49.4 Å². The Morgan fingerprint density at radius 3 is 2.47 bits per heavy atom. The first-order chi connectivity index (χ1) is 20.9. The number of benzene rings is 4. The van der Waals surface area contributed by atoms with E-state index >= 15 is 0 Å². The highest BCUT2D eigenvalue weighted by Crippen LogP contribution is 2.34. The fourth-order valence-electron chi connectivity index (χ4n) is 5.62. The zero-order valence-electron chi connectivity index (χ0n) is 24.7. The van der Waals surface area contributed by atoms with Gasteiger partial charge in [0.2, 0.25) is 6.36 Å². The van der Waals surface area contributed by atoms with Crippen molar-refractivity contribution in [2.24, 2.45) is 0 Å². The number of halogens is 1. The van der Waals surface area contributed by atoms with Gasteiger partial charge < -0.3 is 19.1 Å². The highest BCUT2D eigenvalue weighted by atomic mass is 19.1. The van der Waals surface area contributed by atoms with Crippen LogP contribution < -0.4 is 0 Å². The maximum Gasteiger partial charge on any atom is 0.412 e. The topological polar surface area (TPSA) is 65.1 Å². The fourth-order valence-corrected chi connectivity index (χ4v) is 5.62. The molecule has 4 aromatic carbocycles. The molecule has 224 valence electrons. The van der Waals surface area contributed by atoms with Gasteiger partial charge in [-0.25, -0.2) is 14.0 Å². The third-order valence-corrected chi connectivity index (χ3v) is 7.86. The molecular weight excluding hydrogens is 545 g/mol. The van der Waals surface area contributed by atoms with E-state index < -0.39 is 12.5 Å². The summed E-state index contributed by atoms with van der Waals surface area (Å²) in [6.45, 7) is 5.05. The first kappa shape index (κ1) is 30.2. The summed E-state index contributed by atoms with van der Waals surface area (Å²) >= 11 is 0. The van der Waals surface area contributed by atoms with Gasteiger partial charge in [-0.2, -0.15) is 0 Å². The van der Waals surface area contributed by atoms with Gasteiger partial charge in [0.15, 0.2) is 0 Å². The smallest absolute Gasteiger partial charge is 0.412 e. The first-order valence-corrected chi connectivity index (χ1v) is 15.0. The summed E-state index contributed by atoms with van der Waals surface area (Å²) in [5.74, 6) is -0.356. The maximum absolute atomic E-state index is 14.1. The summed E-state index contributed by atoms with van der Waals surface area (Å²) in [6, 6.07) is 30.1. The standard InChI is InChI=1S/C36H38FNO5/c1-3-9-34(37)43-36(40)38-19-18-32(33(23-38)42-24-25-16-17-26-10-5-6-11-27(26)20-25)30-14-7-12-28(21-30)29-13-8-15-31(22-29)35(39)41-4-2/h5-8,10-17,20-22,32-34H,3-4,9,18-19,23-24H2,1-2H3/t32-,33+,34?/m1/s1. The lowest BCUT2D eigenvalue weighted by Crippen LogP contribution is -2.47. The zero-order valence-corrected chi connectivity index (χ0v) is 24.7. The van der Waals surface area contributed by atoms with E-state index in [4.69, 9.17) is 14.2 Å². The number of rotatable bonds is 10. The molecule has 1 heterocycles. The van der Waals surface area contributed by atoms with E-state index in [0.29, 0.717) is 44.7 Å². The van der Waals surface area contributed by atoms with Crippen molar-refractivity contribution < 1.29 is 28.2 Å². The van der Waals surface area contributed by atoms with Gasteiger partial charge in [-0.05, 0) is 71.0 Å². The SMILES string of the molecule is CCCC(F)OC(=O)N1CC[C@H](c2cccc(-c3cccc(C(=O)OCC)c3)c2)[C@@H](OCc2ccc3ccccc3c2)C1. The van der Waals surface area contributed by atoms with Gasteiger partial charge >= 0.3 is 12.1 Å². The molecule has 1 amide bonds. The monoisotopic (exact) mass is 583 g/mol. The predicted octanol–water partition coefficient (Wildman–Crippen LogP) is 8.29. The lowest BCUT2D eigenvalue weighted by Gasteiger charge is -2.38. The molecule has 0 N–H and O–H groups in total. The number of piperidine rings is 1. The van der Waals surface area contributed by atoms with Gasteiger partial charge in [-0.3, -0.25) is 0 Å². The van der Waals surface area contributed by atoms with Gasteiger partial charge in [-0.15, -0.1) is 0 Å². The van der Waals surface area contributed by atoms with Crippen LogP contribution in [0, 0.1) is 0 Å². The van der Waals surface area contributed by atoms with Crippen molar-refractivity contribution in [1.29, 1.82) is 0 Å². The Morgan fingerprint density at radius 2 is 1.67 bits per heavy atom. The second-order valence-corrected chi connectivity index (χ2v) is 10.9. The van der Waals surface area contributed by atoms with Crippen LogP contribution in [-0.4, -0.2) is 49.1 Å². The number of hydrogen-bond donors (Lipinski definition) is 0. The normalized spacial score (nSPS) is 17.4. The molecule has 5 rings (SSSR count). The molecule has 7 heteroatoms. The zero-order chi connectivity index (χ0) is 30.2. The maximum atomic E-state index is 14.1. The van der Waals surface area contributed by atoms with Gasteiger partial charge in [0.1, 0.15) is 0 Å². The average molecular weight is 584 g/mol. The van der Waals surface area contributed by atoms with Gasteiger partial charge in [0, 0.05) is 18.9 Å². The quantitative estimate of drug-likeness (QED) is 0.176. The number of nitrogens with zero attached hydrogens (tertiary/aromatic N) is 1. The Labute approximate surface area is 252 Å². The molecule has 3 atom stereocenters. The molecule has 43 heavy (non-hydrogen) atoms. The van der Waals surface area contributed by atoms with E-state index in [1.165, 1.54) is 0 Å². The van der Waals surface area contributed by atoms with E-state index in [1.54, 1.807) is 17.9 Å². The number of carbonyl (C=O) groups excluding carboxylic acids is 2. The largest absolute Gasteiger partial charge is 0.462 e. The molecule has 0 bridgehead atoms. The minimum Gasteiger partial charge on any atom is -0.462 e. The number of ether oxygens (including phenoxy) is 3. The second-order valence-electron chi connectivity index (χ2n) is 10.9. The Morgan fingerprint density at radius 1 is 0.907 bits per heavy atom. The van der Waals surface area contributed by atoms with Crippen LogP contribution in [0.5, 0.6) is 0 Å². The summed E-state index contributed by atoms with van der Waals surface area (Å²) in [7, 11) is 0. The Balaban J connectivity index is 1.38. The molecule has 0 aromatic heterocycles. The van der Waals surface area contributed by atoms with Crippen molar-refractivity contribution in [1.82, 2.24) is 4.90 Å². The Bertz CT molecular complexity index is 1560. The lowest BCUT2D eigenvalue weighted by atomic mass is 9.85. The van der Waals surface area contributed by atoms with E-state index in [0.717, 1.165) is 33.0 Å². The number of likely N-dealkylation sites (tertiary alicyclic amines) is 1. The van der Waals surface area contributed by atoms with Crippen molar-refractivity contribution in [3.63, 3.8) is 0 Å². The fraction of sp³-hybridized carbons (Fsp3) is 0.333. The van der Waals surface area contributed by atoms with E-state index in [2.05, 4.69) is 42.5 Å². The van der Waals surface area contributed by atoms with Crippen LogP contribution in [0.1, 0.15) is 60.5 Å². The van der Waals surface area contributed by atoms with Gasteiger partial charge in [0.25, 0.3) is 0 Å². The summed E-state index contributed by atoms with van der Waals surface area (Å²) < 4.78 is 30.9. The molecule has 1 aliphatic rings. The Hall–Kier alpha value is -4.23. The van der Waals surface area contributed by atoms with Crippen LogP contribution in [0.4, 0.5) is 9.18 Å². The van der Waals surface area contributed by atoms with Crippen molar-refractivity contribution in [3.05, 3.63) is 108 Å². The molecule has 0 saturated carbocycles. The third kappa shape index (κ3) is 7.59. The Kier molecular flexibility index (Phi) is 10.1. The van der Waals surface area contributed by atoms with Crippen molar-refractivity contribution >= 4 is 22.8 Å². The second kappa shape index (κ2) is 14.3. The number of amides is 1. The summed E-state index contributed by atoms with van der Waals surface area (Å²) in [6.07, 6.45) is -1.20. The first-order valence-electron chi connectivity index (χ1n) is 15.0. The van der Waals surface area contributed by atoms with Crippen LogP contribution in [0.15, 0.2) is 91.0 Å². The molecule has 1 fully saturated rings. The molecule has 4 aromatic rings. The van der Waals surface area contributed by atoms with Crippen molar-refractivity contribution in [2.45, 2.75) is 58.1 Å². The number of hydrogen-bond acceptors (Lipinski definition) is 5. The highest BCUT2D eigenvalue weighted by Gasteiger charge is 2.35. The number of carbonyl (C=O) groups is 2. The summed E-state index contributed by atoms with van der Waals surface area (Å²) in [5, 5.41) is 2.30. The van der Waals surface area contributed by atoms with E-state index in [9.17, 15) is 14.0 Å². The minimum atomic E-state index is -1.62. The molecule has 1 aliphatic heterocycles. The molecule has 0 aliphatic carbocycles. The number of fused-ring (bicyclic) bond motifs is 1. The van der Waals surface area contributed by atoms with Crippen LogP contribution >= 0.6 is 0 Å². The van der Waals surface area contributed by atoms with Crippen molar-refractivity contribution in [3.8, 4) is 11.1 Å². The van der Waals surface area contributed by atoms with Crippen molar-refractivity contribution in [2.75, 3.05) is 19.7 Å². The lowest BCUT2D eigenvalue weighted by molar-refractivity contribution is -0.0462. The summed E-state index contributed by atoms with van der Waals surface area (Å²) in [4.78, 5) is 26.7. The predicted molar refractivity (Wildman–Crippen MR) is 166 cm³/mol. The summed E-state index contributed by atoms with van der Waals surface area (Å²) in [5.41, 5.74) is 4.49. The molecular formula is C36H38FNO5. The average Bonchev–Trinajstić information content (AvgIpc) is 3.04. The number of esters is 1. The highest BCUT2D eigenvalue weighted by molar-refractivity contribution is 5.91. The van der Waals surface area contributed by atoms with Gasteiger partial charge in [-0.1, -0.05) is 79.7 Å². The molecule has 0 spiro atoms. The number of alkyl halides is 1. The minimum absolute atomic E-state index is 0.00508. The van der Waals surface area contributed by atoms with Crippen LogP contribution in [0.2, 0.25) is 0 Å². The molecule has 6 nitrogen and oxygen atoms in total. The third-order valence-electron chi connectivity index (χ3n) is 7.86. The molecule has 0 radical (unpaired) electrons.